The minimum absolute atomic E-state index is 0.248. The molecule has 1 aromatic carbocycles. The lowest BCUT2D eigenvalue weighted by Crippen LogP contribution is -2.23. The average Bonchev–Trinajstić information content (AvgIpc) is 2.31. The number of ether oxygens (including phenoxy) is 1. The third-order valence-electron chi connectivity index (χ3n) is 2.24. The van der Waals surface area contributed by atoms with Crippen molar-refractivity contribution in [3.63, 3.8) is 0 Å². The summed E-state index contributed by atoms with van der Waals surface area (Å²) in [7, 11) is 0. The van der Waals surface area contributed by atoms with E-state index in [-0.39, 0.29) is 17.4 Å². The molecule has 0 amide bonds. The number of Topliss-reactive ketones (excluding diaryl/α,β-unsaturated/α-hetero) is 1. The third kappa shape index (κ3) is 3.45. The van der Waals surface area contributed by atoms with E-state index < -0.39 is 11.9 Å². The van der Waals surface area contributed by atoms with Gasteiger partial charge in [-0.3, -0.25) is 9.59 Å². The van der Waals surface area contributed by atoms with Crippen molar-refractivity contribution in [2.75, 3.05) is 6.61 Å². The van der Waals surface area contributed by atoms with Crippen molar-refractivity contribution in [2.24, 2.45) is 5.92 Å². The number of rotatable bonds is 4. The number of esters is 1. The van der Waals surface area contributed by atoms with Crippen LogP contribution in [0.25, 0.3) is 0 Å². The van der Waals surface area contributed by atoms with Gasteiger partial charge in [0.1, 0.15) is 5.92 Å². The van der Waals surface area contributed by atoms with Crippen LogP contribution in [0.5, 0.6) is 0 Å². The zero-order chi connectivity index (χ0) is 13.0. The van der Waals surface area contributed by atoms with Gasteiger partial charge < -0.3 is 4.74 Å². The smallest absolute Gasteiger partial charge is 0.316 e. The predicted molar refractivity (Wildman–Crippen MR) is 66.6 cm³/mol. The number of benzene rings is 1. The Kier molecular flexibility index (Phi) is 4.97. The summed E-state index contributed by atoms with van der Waals surface area (Å²) in [6.45, 7) is 3.44. The first-order chi connectivity index (χ1) is 7.97. The molecule has 1 rings (SSSR count). The van der Waals surface area contributed by atoms with Crippen LogP contribution >= 0.6 is 23.2 Å². The first kappa shape index (κ1) is 14.0. The van der Waals surface area contributed by atoms with E-state index >= 15 is 0 Å². The topological polar surface area (TPSA) is 43.4 Å². The van der Waals surface area contributed by atoms with Gasteiger partial charge >= 0.3 is 5.97 Å². The number of hydrogen-bond acceptors (Lipinski definition) is 3. The molecule has 17 heavy (non-hydrogen) atoms. The highest BCUT2D eigenvalue weighted by Crippen LogP contribution is 2.24. The molecule has 1 atom stereocenters. The molecular formula is C12H12Cl2O3. The number of hydrogen-bond donors (Lipinski definition) is 0. The molecule has 0 aliphatic rings. The molecule has 0 saturated heterocycles. The highest BCUT2D eigenvalue weighted by atomic mass is 35.5. The SMILES string of the molecule is CCOC(=O)C(C)C(=O)c1ccc(Cl)c(Cl)c1. The highest BCUT2D eigenvalue weighted by molar-refractivity contribution is 6.42. The summed E-state index contributed by atoms with van der Waals surface area (Å²) in [6, 6.07) is 4.50. The molecule has 0 aliphatic carbocycles. The largest absolute Gasteiger partial charge is 0.465 e. The second kappa shape index (κ2) is 6.03. The lowest BCUT2D eigenvalue weighted by molar-refractivity contribution is -0.145. The molecule has 0 fully saturated rings. The molecule has 0 N–H and O–H groups in total. The summed E-state index contributed by atoms with van der Waals surface area (Å²) in [5.74, 6) is -1.71. The summed E-state index contributed by atoms with van der Waals surface area (Å²) in [5.41, 5.74) is 0.347. The van der Waals surface area contributed by atoms with Gasteiger partial charge in [0.05, 0.1) is 16.7 Å². The van der Waals surface area contributed by atoms with Crippen LogP contribution in [0, 0.1) is 5.92 Å². The molecule has 3 nitrogen and oxygen atoms in total. The van der Waals surface area contributed by atoms with Crippen LogP contribution in [-0.4, -0.2) is 18.4 Å². The zero-order valence-electron chi connectivity index (χ0n) is 9.50. The lowest BCUT2D eigenvalue weighted by Gasteiger charge is -2.09. The summed E-state index contributed by atoms with van der Waals surface area (Å²) < 4.78 is 4.78. The third-order valence-corrected chi connectivity index (χ3v) is 2.98. The maximum atomic E-state index is 11.9. The van der Waals surface area contributed by atoms with Crippen molar-refractivity contribution in [1.29, 1.82) is 0 Å². The zero-order valence-corrected chi connectivity index (χ0v) is 11.0. The van der Waals surface area contributed by atoms with E-state index in [1.165, 1.54) is 25.1 Å². The second-order valence-corrected chi connectivity index (χ2v) is 4.28. The molecule has 0 aliphatic heterocycles. The number of carbonyl (C=O) groups is 2. The Morgan fingerprint density at radius 3 is 2.47 bits per heavy atom. The number of halogens is 2. The van der Waals surface area contributed by atoms with Crippen LogP contribution in [0.4, 0.5) is 0 Å². The Balaban J connectivity index is 2.89. The maximum absolute atomic E-state index is 11.9. The van der Waals surface area contributed by atoms with Crippen molar-refractivity contribution in [1.82, 2.24) is 0 Å². The van der Waals surface area contributed by atoms with E-state index in [1.54, 1.807) is 6.92 Å². The summed E-state index contributed by atoms with van der Waals surface area (Å²) in [6.07, 6.45) is 0. The van der Waals surface area contributed by atoms with Gasteiger partial charge in [-0.1, -0.05) is 23.2 Å². The van der Waals surface area contributed by atoms with Crippen LogP contribution in [0.15, 0.2) is 18.2 Å². The number of ketones is 1. The standard InChI is InChI=1S/C12H12Cl2O3/c1-3-17-12(16)7(2)11(15)8-4-5-9(13)10(14)6-8/h4-7H,3H2,1-2H3. The van der Waals surface area contributed by atoms with Gasteiger partial charge in [-0.25, -0.2) is 0 Å². The van der Waals surface area contributed by atoms with Gasteiger partial charge in [0.25, 0.3) is 0 Å². The average molecular weight is 275 g/mol. The summed E-state index contributed by atoms with van der Waals surface area (Å²) >= 11 is 11.5. The van der Waals surface area contributed by atoms with Gasteiger partial charge in [0.2, 0.25) is 0 Å². The van der Waals surface area contributed by atoms with Crippen molar-refractivity contribution in [2.45, 2.75) is 13.8 Å². The number of carbonyl (C=O) groups excluding carboxylic acids is 2. The van der Waals surface area contributed by atoms with Crippen LogP contribution in [0.3, 0.4) is 0 Å². The minimum Gasteiger partial charge on any atom is -0.465 e. The summed E-state index contributed by atoms with van der Waals surface area (Å²) in [4.78, 5) is 23.3. The fraction of sp³-hybridized carbons (Fsp3) is 0.333. The van der Waals surface area contributed by atoms with Gasteiger partial charge in [-0.05, 0) is 32.0 Å². The normalized spacial score (nSPS) is 12.0. The first-order valence-corrected chi connectivity index (χ1v) is 5.88. The molecule has 0 heterocycles. The van der Waals surface area contributed by atoms with Gasteiger partial charge in [0.15, 0.2) is 5.78 Å². The Morgan fingerprint density at radius 1 is 1.29 bits per heavy atom. The monoisotopic (exact) mass is 274 g/mol. The molecular weight excluding hydrogens is 263 g/mol. The van der Waals surface area contributed by atoms with Crippen LogP contribution < -0.4 is 0 Å². The molecule has 0 aromatic heterocycles. The van der Waals surface area contributed by atoms with E-state index in [4.69, 9.17) is 27.9 Å². The molecule has 1 unspecified atom stereocenters. The fourth-order valence-corrected chi connectivity index (χ4v) is 1.57. The molecule has 0 saturated carbocycles. The second-order valence-electron chi connectivity index (χ2n) is 3.47. The molecule has 5 heteroatoms. The van der Waals surface area contributed by atoms with Crippen molar-refractivity contribution < 1.29 is 14.3 Å². The molecule has 92 valence electrons. The van der Waals surface area contributed by atoms with E-state index in [0.29, 0.717) is 10.6 Å². The maximum Gasteiger partial charge on any atom is 0.316 e. The van der Waals surface area contributed by atoms with Crippen LogP contribution in [0.2, 0.25) is 10.0 Å². The quantitative estimate of drug-likeness (QED) is 0.480. The predicted octanol–water partition coefficient (Wildman–Crippen LogP) is 3.38. The van der Waals surface area contributed by atoms with Crippen LogP contribution in [-0.2, 0) is 9.53 Å². The van der Waals surface area contributed by atoms with E-state index in [2.05, 4.69) is 0 Å². The van der Waals surface area contributed by atoms with Crippen LogP contribution in [0.1, 0.15) is 24.2 Å². The van der Waals surface area contributed by atoms with Gasteiger partial charge in [-0.2, -0.15) is 0 Å². The van der Waals surface area contributed by atoms with E-state index in [1.807, 2.05) is 0 Å². The Morgan fingerprint density at radius 2 is 1.94 bits per heavy atom. The van der Waals surface area contributed by atoms with Gasteiger partial charge in [0, 0.05) is 5.56 Å². The van der Waals surface area contributed by atoms with E-state index in [0.717, 1.165) is 0 Å². The lowest BCUT2D eigenvalue weighted by atomic mass is 10.00. The summed E-state index contributed by atoms with van der Waals surface area (Å²) in [5, 5.41) is 0.653. The van der Waals surface area contributed by atoms with Crippen molar-refractivity contribution in [3.8, 4) is 0 Å². The molecule has 0 bridgehead atoms. The molecule has 1 aromatic rings. The minimum atomic E-state index is -0.841. The molecule has 0 spiro atoms. The van der Waals surface area contributed by atoms with Crippen molar-refractivity contribution >= 4 is 35.0 Å². The Bertz CT molecular complexity index is 443. The van der Waals surface area contributed by atoms with Gasteiger partial charge in [-0.15, -0.1) is 0 Å². The first-order valence-electron chi connectivity index (χ1n) is 5.13. The molecule has 0 radical (unpaired) electrons. The van der Waals surface area contributed by atoms with Crippen molar-refractivity contribution in [3.05, 3.63) is 33.8 Å². The fourth-order valence-electron chi connectivity index (χ4n) is 1.27. The van der Waals surface area contributed by atoms with E-state index in [9.17, 15) is 9.59 Å². The highest BCUT2D eigenvalue weighted by Gasteiger charge is 2.24. The Hall–Kier alpha value is -1.06. The Labute approximate surface area is 110 Å².